The zero-order valence-corrected chi connectivity index (χ0v) is 14.6. The third kappa shape index (κ3) is 4.89. The second kappa shape index (κ2) is 8.41. The van der Waals surface area contributed by atoms with Crippen molar-refractivity contribution in [2.75, 3.05) is 31.6 Å². The number of anilines is 1. The zero-order valence-electron chi connectivity index (χ0n) is 14.6. The number of pyridine rings is 1. The van der Waals surface area contributed by atoms with Crippen LogP contribution in [0.25, 0.3) is 0 Å². The van der Waals surface area contributed by atoms with Crippen molar-refractivity contribution < 1.29 is 24.2 Å². The zero-order chi connectivity index (χ0) is 19.2. The van der Waals surface area contributed by atoms with Gasteiger partial charge >= 0.3 is 5.97 Å². The van der Waals surface area contributed by atoms with Gasteiger partial charge in [-0.15, -0.1) is 0 Å². The van der Waals surface area contributed by atoms with Crippen LogP contribution in [-0.2, 0) is 16.0 Å². The van der Waals surface area contributed by atoms with E-state index in [-0.39, 0.29) is 23.6 Å². The maximum absolute atomic E-state index is 12.2. The maximum atomic E-state index is 12.2. The van der Waals surface area contributed by atoms with E-state index >= 15 is 0 Å². The Morgan fingerprint density at radius 2 is 1.81 bits per heavy atom. The van der Waals surface area contributed by atoms with Gasteiger partial charge in [0, 0.05) is 25.0 Å². The van der Waals surface area contributed by atoms with Crippen LogP contribution in [0, 0.1) is 0 Å². The molecule has 0 atom stereocenters. The molecule has 3 rings (SSSR count). The Labute approximate surface area is 155 Å². The van der Waals surface area contributed by atoms with Gasteiger partial charge < -0.3 is 20.1 Å². The minimum Gasteiger partial charge on any atom is -0.478 e. The number of nitrogens with one attached hydrogen (secondary N) is 1. The molecule has 1 aromatic heterocycles. The number of carboxylic acid groups (broad SMARTS) is 1. The normalized spacial score (nSPS) is 13.9. The number of morpholine rings is 1. The first-order chi connectivity index (χ1) is 13.0. The van der Waals surface area contributed by atoms with Crippen LogP contribution in [0.2, 0.25) is 0 Å². The fourth-order valence-electron chi connectivity index (χ4n) is 2.69. The molecule has 0 unspecified atom stereocenters. The summed E-state index contributed by atoms with van der Waals surface area (Å²) in [6, 6.07) is 9.47. The number of carbonyl (C=O) groups excluding carboxylic acids is 2. The van der Waals surface area contributed by atoms with Gasteiger partial charge in [-0.2, -0.15) is 0 Å². The standard InChI is InChI=1S/C19H19N3O5/c23-17(22-7-9-27-10-8-22)11-13-1-3-15(4-2-13)21-18(24)16-12-14(19(25)26)5-6-20-16/h1-6,12H,7-11H2,(H,21,24)(H,25,26). The largest absolute Gasteiger partial charge is 0.478 e. The molecule has 1 aliphatic rings. The summed E-state index contributed by atoms with van der Waals surface area (Å²) in [4.78, 5) is 41.1. The highest BCUT2D eigenvalue weighted by molar-refractivity contribution is 6.04. The van der Waals surface area contributed by atoms with Crippen molar-refractivity contribution >= 4 is 23.5 Å². The predicted octanol–water partition coefficient (Wildman–Crippen LogP) is 1.43. The Kier molecular flexibility index (Phi) is 5.77. The molecule has 0 radical (unpaired) electrons. The van der Waals surface area contributed by atoms with Gasteiger partial charge in [-0.1, -0.05) is 12.1 Å². The summed E-state index contributed by atoms with van der Waals surface area (Å²) in [6.07, 6.45) is 1.56. The molecule has 2 amide bonds. The van der Waals surface area contributed by atoms with Gasteiger partial charge in [0.25, 0.3) is 5.91 Å². The van der Waals surface area contributed by atoms with Crippen LogP contribution in [0.15, 0.2) is 42.6 Å². The van der Waals surface area contributed by atoms with Crippen LogP contribution >= 0.6 is 0 Å². The van der Waals surface area contributed by atoms with E-state index in [9.17, 15) is 14.4 Å². The van der Waals surface area contributed by atoms with Crippen molar-refractivity contribution in [3.63, 3.8) is 0 Å². The Hall–Kier alpha value is -3.26. The number of aromatic nitrogens is 1. The molecule has 0 bridgehead atoms. The quantitative estimate of drug-likeness (QED) is 0.825. The SMILES string of the molecule is O=C(O)c1ccnc(C(=O)Nc2ccc(CC(=O)N3CCOCC3)cc2)c1. The molecule has 2 aromatic rings. The first-order valence-electron chi connectivity index (χ1n) is 8.48. The minimum atomic E-state index is -1.12. The van der Waals surface area contributed by atoms with Crippen molar-refractivity contribution in [3.05, 3.63) is 59.4 Å². The van der Waals surface area contributed by atoms with Gasteiger partial charge in [0.05, 0.1) is 25.2 Å². The molecule has 0 spiro atoms. The van der Waals surface area contributed by atoms with Crippen molar-refractivity contribution in [3.8, 4) is 0 Å². The van der Waals surface area contributed by atoms with Crippen molar-refractivity contribution in [1.29, 1.82) is 0 Å². The van der Waals surface area contributed by atoms with E-state index in [1.807, 2.05) is 0 Å². The van der Waals surface area contributed by atoms with E-state index in [0.29, 0.717) is 32.0 Å². The van der Waals surface area contributed by atoms with E-state index < -0.39 is 11.9 Å². The Morgan fingerprint density at radius 3 is 2.48 bits per heavy atom. The number of aromatic carboxylic acids is 1. The summed E-state index contributed by atoms with van der Waals surface area (Å²) in [6.45, 7) is 2.34. The fraction of sp³-hybridized carbons (Fsp3) is 0.263. The summed E-state index contributed by atoms with van der Waals surface area (Å²) in [5.41, 5.74) is 1.38. The number of ether oxygens (including phenoxy) is 1. The van der Waals surface area contributed by atoms with Gasteiger partial charge in [0.2, 0.25) is 5.91 Å². The molecule has 140 valence electrons. The van der Waals surface area contributed by atoms with E-state index in [2.05, 4.69) is 10.3 Å². The fourth-order valence-corrected chi connectivity index (χ4v) is 2.69. The molecule has 27 heavy (non-hydrogen) atoms. The third-order valence-corrected chi connectivity index (χ3v) is 4.17. The molecule has 2 heterocycles. The number of hydrogen-bond acceptors (Lipinski definition) is 5. The van der Waals surface area contributed by atoms with E-state index in [4.69, 9.17) is 9.84 Å². The van der Waals surface area contributed by atoms with Gasteiger partial charge in [0.1, 0.15) is 5.69 Å². The number of nitrogens with zero attached hydrogens (tertiary/aromatic N) is 2. The van der Waals surface area contributed by atoms with Crippen molar-refractivity contribution in [2.24, 2.45) is 0 Å². The molecular formula is C19H19N3O5. The first-order valence-corrected chi connectivity index (χ1v) is 8.48. The molecule has 2 N–H and O–H groups in total. The minimum absolute atomic E-state index is 0.00729. The van der Waals surface area contributed by atoms with Crippen LogP contribution in [-0.4, -0.2) is 59.1 Å². The Balaban J connectivity index is 1.60. The highest BCUT2D eigenvalue weighted by Crippen LogP contribution is 2.13. The van der Waals surface area contributed by atoms with Crippen LogP contribution in [0.3, 0.4) is 0 Å². The second-order valence-electron chi connectivity index (χ2n) is 6.06. The number of hydrogen-bond donors (Lipinski definition) is 2. The van der Waals surface area contributed by atoms with Crippen LogP contribution < -0.4 is 5.32 Å². The lowest BCUT2D eigenvalue weighted by Crippen LogP contribution is -2.41. The van der Waals surface area contributed by atoms with E-state index in [1.165, 1.54) is 18.3 Å². The van der Waals surface area contributed by atoms with Crippen LogP contribution in [0.1, 0.15) is 26.4 Å². The highest BCUT2D eigenvalue weighted by Gasteiger charge is 2.17. The molecule has 1 aromatic carbocycles. The van der Waals surface area contributed by atoms with E-state index in [1.54, 1.807) is 29.2 Å². The summed E-state index contributed by atoms with van der Waals surface area (Å²) < 4.78 is 5.24. The first kappa shape index (κ1) is 18.5. The molecule has 1 fully saturated rings. The van der Waals surface area contributed by atoms with Gasteiger partial charge in [-0.05, 0) is 29.8 Å². The van der Waals surface area contributed by atoms with Crippen LogP contribution in [0.4, 0.5) is 5.69 Å². The third-order valence-electron chi connectivity index (χ3n) is 4.17. The van der Waals surface area contributed by atoms with Gasteiger partial charge in [-0.3, -0.25) is 14.6 Å². The number of carboxylic acids is 1. The topological polar surface area (TPSA) is 109 Å². The van der Waals surface area contributed by atoms with Gasteiger partial charge in [-0.25, -0.2) is 4.79 Å². The molecule has 1 aliphatic heterocycles. The monoisotopic (exact) mass is 369 g/mol. The van der Waals surface area contributed by atoms with Crippen LogP contribution in [0.5, 0.6) is 0 Å². The van der Waals surface area contributed by atoms with Gasteiger partial charge in [0.15, 0.2) is 0 Å². The lowest BCUT2D eigenvalue weighted by atomic mass is 10.1. The number of carbonyl (C=O) groups is 3. The predicted molar refractivity (Wildman–Crippen MR) is 96.7 cm³/mol. The lowest BCUT2D eigenvalue weighted by Gasteiger charge is -2.26. The molecule has 8 heteroatoms. The summed E-state index contributed by atoms with van der Waals surface area (Å²) in [5.74, 6) is -1.58. The summed E-state index contributed by atoms with van der Waals surface area (Å²) in [5, 5.41) is 11.6. The Bertz CT molecular complexity index is 845. The Morgan fingerprint density at radius 1 is 1.11 bits per heavy atom. The number of rotatable bonds is 5. The average Bonchev–Trinajstić information content (AvgIpc) is 2.70. The molecular weight excluding hydrogens is 350 g/mol. The maximum Gasteiger partial charge on any atom is 0.335 e. The highest BCUT2D eigenvalue weighted by atomic mass is 16.5. The molecule has 0 aliphatic carbocycles. The molecule has 1 saturated heterocycles. The summed E-state index contributed by atoms with van der Waals surface area (Å²) >= 11 is 0. The number of benzene rings is 1. The average molecular weight is 369 g/mol. The molecule has 0 saturated carbocycles. The lowest BCUT2D eigenvalue weighted by molar-refractivity contribution is -0.134. The van der Waals surface area contributed by atoms with Crippen molar-refractivity contribution in [1.82, 2.24) is 9.88 Å². The smallest absolute Gasteiger partial charge is 0.335 e. The second-order valence-corrected chi connectivity index (χ2v) is 6.06. The molecule has 8 nitrogen and oxygen atoms in total. The van der Waals surface area contributed by atoms with Crippen molar-refractivity contribution in [2.45, 2.75) is 6.42 Å². The van der Waals surface area contributed by atoms with E-state index in [0.717, 1.165) is 5.56 Å². The summed E-state index contributed by atoms with van der Waals surface area (Å²) in [7, 11) is 0. The number of amides is 2.